The molecule has 22 heavy (non-hydrogen) atoms. The standard InChI is InChI=1S/C15H20F2N2O3/c1-10(20)11-6-8-19(9-7-11)15(21)18-12-2-4-13(5-3-12)22-14(16)17/h2-5,10-11,14,20H,6-9H2,1H3,(H,18,21). The predicted molar refractivity (Wildman–Crippen MR) is 78.1 cm³/mol. The van der Waals surface area contributed by atoms with Gasteiger partial charge in [-0.2, -0.15) is 8.78 Å². The number of alkyl halides is 2. The molecule has 1 aromatic rings. The number of likely N-dealkylation sites (tertiary alicyclic amines) is 1. The van der Waals surface area contributed by atoms with Crippen LogP contribution in [0.3, 0.4) is 0 Å². The van der Waals surface area contributed by atoms with E-state index in [1.807, 2.05) is 0 Å². The molecule has 1 aliphatic rings. The van der Waals surface area contributed by atoms with E-state index in [2.05, 4.69) is 10.1 Å². The molecule has 1 aromatic carbocycles. The number of anilines is 1. The first-order valence-electron chi connectivity index (χ1n) is 7.24. The first-order chi connectivity index (χ1) is 10.5. The number of aliphatic hydroxyl groups is 1. The lowest BCUT2D eigenvalue weighted by atomic mass is 9.92. The van der Waals surface area contributed by atoms with Gasteiger partial charge in [-0.3, -0.25) is 0 Å². The summed E-state index contributed by atoms with van der Waals surface area (Å²) in [5, 5.41) is 12.3. The van der Waals surface area contributed by atoms with Gasteiger partial charge in [0.25, 0.3) is 0 Å². The summed E-state index contributed by atoms with van der Waals surface area (Å²) >= 11 is 0. The highest BCUT2D eigenvalue weighted by atomic mass is 19.3. The fourth-order valence-electron chi connectivity index (χ4n) is 2.51. The molecule has 0 radical (unpaired) electrons. The molecule has 1 aliphatic heterocycles. The van der Waals surface area contributed by atoms with Crippen LogP contribution >= 0.6 is 0 Å². The van der Waals surface area contributed by atoms with E-state index in [0.29, 0.717) is 18.8 Å². The number of aliphatic hydroxyl groups excluding tert-OH is 1. The van der Waals surface area contributed by atoms with E-state index < -0.39 is 6.61 Å². The van der Waals surface area contributed by atoms with Crippen LogP contribution < -0.4 is 10.1 Å². The van der Waals surface area contributed by atoms with Crippen molar-refractivity contribution < 1.29 is 23.4 Å². The summed E-state index contributed by atoms with van der Waals surface area (Å²) in [4.78, 5) is 13.8. The molecule has 122 valence electrons. The third-order valence-corrected chi connectivity index (χ3v) is 3.84. The molecule has 1 fully saturated rings. The summed E-state index contributed by atoms with van der Waals surface area (Å²) in [5.41, 5.74) is 0.518. The number of amides is 2. The molecule has 1 saturated heterocycles. The van der Waals surface area contributed by atoms with Gasteiger partial charge in [0.05, 0.1) is 6.10 Å². The number of nitrogens with one attached hydrogen (secondary N) is 1. The Kier molecular flexibility index (Phi) is 5.54. The number of nitrogens with zero attached hydrogens (tertiary/aromatic N) is 1. The maximum Gasteiger partial charge on any atom is 0.387 e. The second-order valence-electron chi connectivity index (χ2n) is 5.40. The highest BCUT2D eigenvalue weighted by molar-refractivity contribution is 5.89. The van der Waals surface area contributed by atoms with Crippen LogP contribution in [0.4, 0.5) is 19.3 Å². The number of urea groups is 1. The predicted octanol–water partition coefficient (Wildman–Crippen LogP) is 2.91. The lowest BCUT2D eigenvalue weighted by molar-refractivity contribution is -0.0498. The maximum atomic E-state index is 12.1. The van der Waals surface area contributed by atoms with Crippen molar-refractivity contribution >= 4 is 11.7 Å². The monoisotopic (exact) mass is 314 g/mol. The van der Waals surface area contributed by atoms with Gasteiger partial charge in [-0.25, -0.2) is 4.79 Å². The zero-order valence-electron chi connectivity index (χ0n) is 12.3. The topological polar surface area (TPSA) is 61.8 Å². The minimum absolute atomic E-state index is 0.0470. The molecule has 0 saturated carbocycles. The summed E-state index contributed by atoms with van der Waals surface area (Å²) in [6, 6.07) is 5.55. The second kappa shape index (κ2) is 7.40. The van der Waals surface area contributed by atoms with Crippen LogP contribution in [0, 0.1) is 5.92 Å². The van der Waals surface area contributed by atoms with Crippen molar-refractivity contribution in [3.05, 3.63) is 24.3 Å². The van der Waals surface area contributed by atoms with Crippen LogP contribution in [0.15, 0.2) is 24.3 Å². The van der Waals surface area contributed by atoms with Gasteiger partial charge < -0.3 is 20.1 Å². The first-order valence-corrected chi connectivity index (χ1v) is 7.24. The Hall–Kier alpha value is -1.89. The fraction of sp³-hybridized carbons (Fsp3) is 0.533. The smallest absolute Gasteiger partial charge is 0.387 e. The molecule has 1 atom stereocenters. The molecule has 7 heteroatoms. The molecule has 2 amide bonds. The van der Waals surface area contributed by atoms with Crippen LogP contribution in [0.25, 0.3) is 0 Å². The van der Waals surface area contributed by atoms with Crippen molar-refractivity contribution in [2.75, 3.05) is 18.4 Å². The van der Waals surface area contributed by atoms with Gasteiger partial charge >= 0.3 is 12.6 Å². The molecule has 2 rings (SSSR count). The largest absolute Gasteiger partial charge is 0.435 e. The Morgan fingerprint density at radius 2 is 1.91 bits per heavy atom. The van der Waals surface area contributed by atoms with Crippen LogP contribution in [-0.2, 0) is 0 Å². The van der Waals surface area contributed by atoms with E-state index >= 15 is 0 Å². The van der Waals surface area contributed by atoms with E-state index in [4.69, 9.17) is 0 Å². The van der Waals surface area contributed by atoms with E-state index in [-0.39, 0.29) is 23.8 Å². The minimum atomic E-state index is -2.87. The van der Waals surface area contributed by atoms with Crippen molar-refractivity contribution in [1.82, 2.24) is 4.90 Å². The number of halogens is 2. The van der Waals surface area contributed by atoms with Crippen LogP contribution in [0.1, 0.15) is 19.8 Å². The first kappa shape index (κ1) is 16.5. The van der Waals surface area contributed by atoms with Gasteiger partial charge in [0.15, 0.2) is 0 Å². The van der Waals surface area contributed by atoms with E-state index in [1.165, 1.54) is 24.3 Å². The number of hydrogen-bond acceptors (Lipinski definition) is 3. The minimum Gasteiger partial charge on any atom is -0.435 e. The summed E-state index contributed by atoms with van der Waals surface area (Å²) in [6.45, 7) is 0.0846. The summed E-state index contributed by atoms with van der Waals surface area (Å²) < 4.78 is 28.3. The Labute approximate surface area is 127 Å². The average molecular weight is 314 g/mol. The Morgan fingerprint density at radius 1 is 1.32 bits per heavy atom. The highest BCUT2D eigenvalue weighted by Gasteiger charge is 2.25. The van der Waals surface area contributed by atoms with E-state index in [9.17, 15) is 18.7 Å². The third-order valence-electron chi connectivity index (χ3n) is 3.84. The number of ether oxygens (including phenoxy) is 1. The van der Waals surface area contributed by atoms with Gasteiger partial charge in [-0.15, -0.1) is 0 Å². The number of hydrogen-bond donors (Lipinski definition) is 2. The van der Waals surface area contributed by atoms with Crippen molar-refractivity contribution in [3.8, 4) is 5.75 Å². The summed E-state index contributed by atoms with van der Waals surface area (Å²) in [6.07, 6.45) is 1.19. The van der Waals surface area contributed by atoms with E-state index in [0.717, 1.165) is 12.8 Å². The Morgan fingerprint density at radius 3 is 2.41 bits per heavy atom. The fourth-order valence-corrected chi connectivity index (χ4v) is 2.51. The lowest BCUT2D eigenvalue weighted by Gasteiger charge is -2.33. The molecule has 1 unspecified atom stereocenters. The van der Waals surface area contributed by atoms with Crippen molar-refractivity contribution in [2.24, 2.45) is 5.92 Å². The number of carbonyl (C=O) groups excluding carboxylic acids is 1. The highest BCUT2D eigenvalue weighted by Crippen LogP contribution is 2.22. The van der Waals surface area contributed by atoms with Gasteiger partial charge in [-0.1, -0.05) is 0 Å². The molecule has 0 bridgehead atoms. The van der Waals surface area contributed by atoms with Crippen molar-refractivity contribution in [1.29, 1.82) is 0 Å². The number of benzene rings is 1. The summed E-state index contributed by atoms with van der Waals surface area (Å²) in [5.74, 6) is 0.278. The third kappa shape index (κ3) is 4.56. The molecular weight excluding hydrogens is 294 g/mol. The zero-order chi connectivity index (χ0) is 16.1. The molecule has 1 heterocycles. The van der Waals surface area contributed by atoms with E-state index in [1.54, 1.807) is 11.8 Å². The van der Waals surface area contributed by atoms with Gasteiger partial charge in [-0.05, 0) is 49.9 Å². The second-order valence-corrected chi connectivity index (χ2v) is 5.40. The van der Waals surface area contributed by atoms with Crippen LogP contribution in [0.2, 0.25) is 0 Å². The Bertz CT molecular complexity index is 486. The molecule has 0 aliphatic carbocycles. The zero-order valence-corrected chi connectivity index (χ0v) is 12.3. The molecular formula is C15H20F2N2O3. The molecule has 2 N–H and O–H groups in total. The van der Waals surface area contributed by atoms with Gasteiger partial charge in [0.2, 0.25) is 0 Å². The van der Waals surface area contributed by atoms with Crippen molar-refractivity contribution in [2.45, 2.75) is 32.5 Å². The van der Waals surface area contributed by atoms with Gasteiger partial charge in [0.1, 0.15) is 5.75 Å². The molecule has 0 aromatic heterocycles. The van der Waals surface area contributed by atoms with Crippen LogP contribution in [-0.4, -0.2) is 41.8 Å². The SMILES string of the molecule is CC(O)C1CCN(C(=O)Nc2ccc(OC(F)F)cc2)CC1. The Balaban J connectivity index is 1.84. The molecule has 0 spiro atoms. The van der Waals surface area contributed by atoms with Crippen molar-refractivity contribution in [3.63, 3.8) is 0 Å². The number of carbonyl (C=O) groups is 1. The number of rotatable bonds is 4. The maximum absolute atomic E-state index is 12.1. The average Bonchev–Trinajstić information content (AvgIpc) is 2.49. The normalized spacial score (nSPS) is 17.4. The summed E-state index contributed by atoms with van der Waals surface area (Å²) in [7, 11) is 0. The lowest BCUT2D eigenvalue weighted by Crippen LogP contribution is -2.42. The van der Waals surface area contributed by atoms with Crippen LogP contribution in [0.5, 0.6) is 5.75 Å². The van der Waals surface area contributed by atoms with Gasteiger partial charge in [0, 0.05) is 18.8 Å². The molecule has 5 nitrogen and oxygen atoms in total. The number of piperidine rings is 1. The quantitative estimate of drug-likeness (QED) is 0.898.